The summed E-state index contributed by atoms with van der Waals surface area (Å²) in [7, 11) is 1.66. The SMILES string of the molecule is CCc1cc(CNC(=O)c2cc(-c3cncc(C)c3)cnc2-n2ccc(C)n2)ccc1OC. The van der Waals surface area contributed by atoms with Crippen LogP contribution >= 0.6 is 0 Å². The van der Waals surface area contributed by atoms with Crippen LogP contribution in [0.1, 0.15) is 39.7 Å². The molecule has 0 spiro atoms. The molecule has 0 atom stereocenters. The summed E-state index contributed by atoms with van der Waals surface area (Å²) in [4.78, 5) is 22.2. The van der Waals surface area contributed by atoms with Crippen molar-refractivity contribution in [1.82, 2.24) is 25.1 Å². The Hall–Kier alpha value is -4.00. The van der Waals surface area contributed by atoms with Crippen LogP contribution in [-0.2, 0) is 13.0 Å². The number of benzene rings is 1. The van der Waals surface area contributed by atoms with E-state index in [4.69, 9.17) is 4.74 Å². The molecule has 0 bridgehead atoms. The maximum Gasteiger partial charge on any atom is 0.255 e. The van der Waals surface area contributed by atoms with Crippen molar-refractivity contribution in [3.8, 4) is 22.7 Å². The molecule has 0 saturated carbocycles. The standard InChI is InChI=1S/C26H27N5O2/c1-5-20-11-19(6-7-24(20)33-4)14-29-26(32)23-12-22(21-10-17(2)13-27-15-21)16-28-25(23)31-9-8-18(3)30-31/h6-13,15-16H,5,14H2,1-4H3,(H,29,32). The summed E-state index contributed by atoms with van der Waals surface area (Å²) in [6, 6.07) is 11.7. The summed E-state index contributed by atoms with van der Waals surface area (Å²) in [5.41, 5.74) is 6.17. The Balaban J connectivity index is 1.66. The molecule has 1 aromatic carbocycles. The fraction of sp³-hybridized carbons (Fsp3) is 0.231. The first kappa shape index (κ1) is 22.2. The first-order chi connectivity index (χ1) is 16.0. The van der Waals surface area contributed by atoms with Crippen LogP contribution in [0, 0.1) is 13.8 Å². The number of amides is 1. The molecule has 7 heteroatoms. The normalized spacial score (nSPS) is 10.8. The van der Waals surface area contributed by atoms with Gasteiger partial charge < -0.3 is 10.1 Å². The number of carbonyl (C=O) groups excluding carboxylic acids is 1. The van der Waals surface area contributed by atoms with Gasteiger partial charge in [-0.2, -0.15) is 5.10 Å². The number of hydrogen-bond donors (Lipinski definition) is 1. The Morgan fingerprint density at radius 1 is 1.06 bits per heavy atom. The quantitative estimate of drug-likeness (QED) is 0.458. The van der Waals surface area contributed by atoms with Gasteiger partial charge in [-0.1, -0.05) is 19.1 Å². The summed E-state index contributed by atoms with van der Waals surface area (Å²) in [5.74, 6) is 1.11. The van der Waals surface area contributed by atoms with Crippen molar-refractivity contribution in [2.45, 2.75) is 33.7 Å². The van der Waals surface area contributed by atoms with Crippen molar-refractivity contribution < 1.29 is 9.53 Å². The van der Waals surface area contributed by atoms with Gasteiger partial charge in [0.1, 0.15) is 5.75 Å². The van der Waals surface area contributed by atoms with Gasteiger partial charge in [0.2, 0.25) is 0 Å². The van der Waals surface area contributed by atoms with Crippen molar-refractivity contribution >= 4 is 5.91 Å². The minimum atomic E-state index is -0.220. The number of carbonyl (C=O) groups is 1. The number of hydrogen-bond acceptors (Lipinski definition) is 5. The van der Waals surface area contributed by atoms with E-state index >= 15 is 0 Å². The van der Waals surface area contributed by atoms with Crippen molar-refractivity contribution in [2.75, 3.05) is 7.11 Å². The van der Waals surface area contributed by atoms with Crippen LogP contribution in [0.3, 0.4) is 0 Å². The average molecular weight is 442 g/mol. The highest BCUT2D eigenvalue weighted by atomic mass is 16.5. The van der Waals surface area contributed by atoms with Gasteiger partial charge in [0.15, 0.2) is 5.82 Å². The third-order valence-corrected chi connectivity index (χ3v) is 5.44. The van der Waals surface area contributed by atoms with Crippen LogP contribution in [-0.4, -0.2) is 32.8 Å². The second-order valence-electron chi connectivity index (χ2n) is 7.93. The van der Waals surface area contributed by atoms with E-state index in [2.05, 4.69) is 33.4 Å². The van der Waals surface area contributed by atoms with Gasteiger partial charge in [0.05, 0.1) is 18.4 Å². The Morgan fingerprint density at radius 2 is 1.88 bits per heavy atom. The van der Waals surface area contributed by atoms with Crippen LogP contribution in [0.4, 0.5) is 0 Å². The molecule has 3 heterocycles. The summed E-state index contributed by atoms with van der Waals surface area (Å²) >= 11 is 0. The lowest BCUT2D eigenvalue weighted by molar-refractivity contribution is 0.0950. The van der Waals surface area contributed by atoms with Crippen LogP contribution < -0.4 is 10.1 Å². The maximum absolute atomic E-state index is 13.3. The fourth-order valence-electron chi connectivity index (χ4n) is 3.71. The van der Waals surface area contributed by atoms with E-state index in [1.807, 2.05) is 44.2 Å². The largest absolute Gasteiger partial charge is 0.496 e. The van der Waals surface area contributed by atoms with Crippen molar-refractivity contribution in [1.29, 1.82) is 0 Å². The van der Waals surface area contributed by atoms with E-state index in [1.54, 1.807) is 36.6 Å². The number of aromatic nitrogens is 4. The van der Waals surface area contributed by atoms with Crippen LogP contribution in [0.15, 0.2) is 61.2 Å². The van der Waals surface area contributed by atoms with E-state index in [-0.39, 0.29) is 5.91 Å². The molecule has 168 valence electrons. The Bertz CT molecular complexity index is 1300. The number of ether oxygens (including phenoxy) is 1. The van der Waals surface area contributed by atoms with E-state index in [0.29, 0.717) is 17.9 Å². The Morgan fingerprint density at radius 3 is 2.58 bits per heavy atom. The zero-order valence-corrected chi connectivity index (χ0v) is 19.3. The molecule has 0 radical (unpaired) electrons. The molecule has 4 aromatic rings. The number of rotatable bonds is 7. The predicted octanol–water partition coefficient (Wildman–Crippen LogP) is 4.45. The van der Waals surface area contributed by atoms with Crippen molar-refractivity contribution in [2.24, 2.45) is 0 Å². The average Bonchev–Trinajstić information content (AvgIpc) is 3.28. The third kappa shape index (κ3) is 4.92. The maximum atomic E-state index is 13.3. The lowest BCUT2D eigenvalue weighted by atomic mass is 10.1. The molecular weight excluding hydrogens is 414 g/mol. The highest BCUT2D eigenvalue weighted by Crippen LogP contribution is 2.24. The number of aryl methyl sites for hydroxylation is 3. The summed E-state index contributed by atoms with van der Waals surface area (Å²) in [6.45, 7) is 6.36. The van der Waals surface area contributed by atoms with Crippen LogP contribution in [0.5, 0.6) is 5.75 Å². The lowest BCUT2D eigenvalue weighted by Gasteiger charge is -2.13. The fourth-order valence-corrected chi connectivity index (χ4v) is 3.71. The molecule has 0 saturated heterocycles. The van der Waals surface area contributed by atoms with Gasteiger partial charge in [-0.15, -0.1) is 0 Å². The molecular formula is C26H27N5O2. The number of nitrogens with one attached hydrogen (secondary N) is 1. The highest BCUT2D eigenvalue weighted by molar-refractivity contribution is 5.98. The molecule has 0 unspecified atom stereocenters. The number of pyridine rings is 2. The van der Waals surface area contributed by atoms with E-state index in [9.17, 15) is 4.79 Å². The second-order valence-corrected chi connectivity index (χ2v) is 7.93. The van der Waals surface area contributed by atoms with Crippen molar-refractivity contribution in [3.05, 3.63) is 89.1 Å². The minimum absolute atomic E-state index is 0.220. The molecule has 0 aliphatic heterocycles. The number of methoxy groups -OCH3 is 1. The lowest BCUT2D eigenvalue weighted by Crippen LogP contribution is -2.25. The van der Waals surface area contributed by atoms with E-state index in [1.165, 1.54) is 0 Å². The molecule has 4 rings (SSSR count). The van der Waals surface area contributed by atoms with E-state index < -0.39 is 0 Å². The topological polar surface area (TPSA) is 81.9 Å². The smallest absolute Gasteiger partial charge is 0.255 e. The highest BCUT2D eigenvalue weighted by Gasteiger charge is 2.17. The summed E-state index contributed by atoms with van der Waals surface area (Å²) in [6.07, 6.45) is 7.97. The molecule has 7 nitrogen and oxygen atoms in total. The molecule has 3 aromatic heterocycles. The zero-order chi connectivity index (χ0) is 23.4. The van der Waals surface area contributed by atoms with Gasteiger partial charge >= 0.3 is 0 Å². The first-order valence-electron chi connectivity index (χ1n) is 10.9. The minimum Gasteiger partial charge on any atom is -0.496 e. The molecule has 1 N–H and O–H groups in total. The van der Waals surface area contributed by atoms with Crippen LogP contribution in [0.2, 0.25) is 0 Å². The zero-order valence-electron chi connectivity index (χ0n) is 19.3. The Kier molecular flexibility index (Phi) is 6.49. The summed E-state index contributed by atoms with van der Waals surface area (Å²) in [5, 5.41) is 7.48. The predicted molar refractivity (Wildman–Crippen MR) is 128 cm³/mol. The van der Waals surface area contributed by atoms with E-state index in [0.717, 1.165) is 45.7 Å². The number of nitrogens with zero attached hydrogens (tertiary/aromatic N) is 4. The van der Waals surface area contributed by atoms with Crippen molar-refractivity contribution in [3.63, 3.8) is 0 Å². The molecule has 33 heavy (non-hydrogen) atoms. The third-order valence-electron chi connectivity index (χ3n) is 5.44. The van der Waals surface area contributed by atoms with Gasteiger partial charge in [-0.3, -0.25) is 9.78 Å². The van der Waals surface area contributed by atoms with Gasteiger partial charge in [-0.05, 0) is 61.2 Å². The first-order valence-corrected chi connectivity index (χ1v) is 10.9. The van der Waals surface area contributed by atoms with Crippen LogP contribution in [0.25, 0.3) is 16.9 Å². The molecule has 0 aliphatic rings. The Labute approximate surface area is 193 Å². The van der Waals surface area contributed by atoms with Gasteiger partial charge in [0.25, 0.3) is 5.91 Å². The van der Waals surface area contributed by atoms with Gasteiger partial charge in [0, 0.05) is 42.5 Å². The second kappa shape index (κ2) is 9.65. The van der Waals surface area contributed by atoms with Gasteiger partial charge in [-0.25, -0.2) is 9.67 Å². The summed E-state index contributed by atoms with van der Waals surface area (Å²) < 4.78 is 7.04. The molecule has 0 fully saturated rings. The molecule has 0 aliphatic carbocycles. The monoisotopic (exact) mass is 441 g/mol. The molecule has 1 amide bonds.